The summed E-state index contributed by atoms with van der Waals surface area (Å²) in [6, 6.07) is 6.38. The molecule has 1 unspecified atom stereocenters. The first-order chi connectivity index (χ1) is 7.83. The van der Waals surface area contributed by atoms with Gasteiger partial charge in [0.25, 0.3) is 0 Å². The second-order valence-electron chi connectivity index (χ2n) is 4.66. The van der Waals surface area contributed by atoms with E-state index in [1.54, 1.807) is 6.07 Å². The van der Waals surface area contributed by atoms with Crippen LogP contribution in [0.15, 0.2) is 18.2 Å². The summed E-state index contributed by atoms with van der Waals surface area (Å²) in [6.07, 6.45) is 2.19. The molecule has 2 aliphatic rings. The fourth-order valence-corrected chi connectivity index (χ4v) is 2.78. The molecule has 3 nitrogen and oxygen atoms in total. The summed E-state index contributed by atoms with van der Waals surface area (Å²) in [5.41, 5.74) is 2.71. The first-order valence-electron chi connectivity index (χ1n) is 5.95. The highest BCUT2D eigenvalue weighted by Gasteiger charge is 2.27. The molecule has 1 aromatic carbocycles. The third kappa shape index (κ3) is 1.81. The normalized spacial score (nSPS) is 25.6. The van der Waals surface area contributed by atoms with Crippen molar-refractivity contribution in [2.24, 2.45) is 0 Å². The Balaban J connectivity index is 1.74. The number of aromatic hydroxyl groups is 1. The van der Waals surface area contributed by atoms with Gasteiger partial charge in [0, 0.05) is 19.1 Å². The minimum Gasteiger partial charge on any atom is -0.508 e. The van der Waals surface area contributed by atoms with E-state index >= 15 is 0 Å². The van der Waals surface area contributed by atoms with Gasteiger partial charge in [-0.25, -0.2) is 0 Å². The molecule has 3 heteroatoms. The third-order valence-electron chi connectivity index (χ3n) is 3.66. The largest absolute Gasteiger partial charge is 0.508 e. The number of phenols is 1. The van der Waals surface area contributed by atoms with Gasteiger partial charge < -0.3 is 9.84 Å². The molecule has 1 aromatic rings. The zero-order valence-corrected chi connectivity index (χ0v) is 9.35. The van der Waals surface area contributed by atoms with Gasteiger partial charge in [-0.15, -0.1) is 0 Å². The van der Waals surface area contributed by atoms with Crippen LogP contribution in [0.4, 0.5) is 0 Å². The zero-order chi connectivity index (χ0) is 11.0. The molecule has 1 atom stereocenters. The zero-order valence-electron chi connectivity index (χ0n) is 9.35. The van der Waals surface area contributed by atoms with Crippen molar-refractivity contribution in [1.29, 1.82) is 0 Å². The maximum atomic E-state index is 9.46. The maximum Gasteiger partial charge on any atom is 0.115 e. The van der Waals surface area contributed by atoms with Crippen LogP contribution in [0.5, 0.6) is 5.75 Å². The molecule has 86 valence electrons. The minimum absolute atomic E-state index is 0.390. The number of rotatable bonds is 1. The van der Waals surface area contributed by atoms with Crippen molar-refractivity contribution >= 4 is 0 Å². The highest BCUT2D eigenvalue weighted by Crippen LogP contribution is 2.28. The van der Waals surface area contributed by atoms with Gasteiger partial charge >= 0.3 is 0 Å². The lowest BCUT2D eigenvalue weighted by atomic mass is 10.1. The van der Waals surface area contributed by atoms with Crippen LogP contribution in [-0.2, 0) is 17.6 Å². The molecule has 16 heavy (non-hydrogen) atoms. The molecule has 1 saturated heterocycles. The van der Waals surface area contributed by atoms with E-state index in [9.17, 15) is 5.11 Å². The summed E-state index contributed by atoms with van der Waals surface area (Å²) >= 11 is 0. The van der Waals surface area contributed by atoms with Crippen LogP contribution in [0, 0.1) is 0 Å². The molecule has 3 rings (SSSR count). The van der Waals surface area contributed by atoms with E-state index in [4.69, 9.17) is 4.74 Å². The monoisotopic (exact) mass is 219 g/mol. The summed E-state index contributed by atoms with van der Waals surface area (Å²) in [5.74, 6) is 0.390. The second kappa shape index (κ2) is 4.07. The van der Waals surface area contributed by atoms with Crippen LogP contribution in [0.1, 0.15) is 11.1 Å². The molecular weight excluding hydrogens is 202 g/mol. The van der Waals surface area contributed by atoms with E-state index in [1.807, 2.05) is 6.07 Å². The average Bonchev–Trinajstić information content (AvgIpc) is 2.73. The molecule has 1 heterocycles. The van der Waals surface area contributed by atoms with Crippen LogP contribution in [-0.4, -0.2) is 42.4 Å². The average molecular weight is 219 g/mol. The summed E-state index contributed by atoms with van der Waals surface area (Å²) < 4.78 is 5.37. The van der Waals surface area contributed by atoms with Gasteiger partial charge in [0.1, 0.15) is 5.75 Å². The lowest BCUT2D eigenvalue weighted by Gasteiger charge is -2.32. The SMILES string of the molecule is Oc1ccc2c(c1)CC(N1CCOCC1)C2. The number of fused-ring (bicyclic) bond motifs is 1. The van der Waals surface area contributed by atoms with Crippen molar-refractivity contribution in [3.05, 3.63) is 29.3 Å². The number of hydrogen-bond donors (Lipinski definition) is 1. The summed E-state index contributed by atoms with van der Waals surface area (Å²) in [7, 11) is 0. The van der Waals surface area contributed by atoms with Crippen molar-refractivity contribution in [2.45, 2.75) is 18.9 Å². The number of hydrogen-bond acceptors (Lipinski definition) is 3. The first-order valence-corrected chi connectivity index (χ1v) is 5.95. The van der Waals surface area contributed by atoms with Crippen LogP contribution in [0.25, 0.3) is 0 Å². The second-order valence-corrected chi connectivity index (χ2v) is 4.66. The molecule has 0 radical (unpaired) electrons. The van der Waals surface area contributed by atoms with E-state index < -0.39 is 0 Å². The molecule has 1 aliphatic heterocycles. The van der Waals surface area contributed by atoms with Crippen LogP contribution in [0.3, 0.4) is 0 Å². The Hall–Kier alpha value is -1.06. The van der Waals surface area contributed by atoms with Gasteiger partial charge in [-0.1, -0.05) is 6.07 Å². The first kappa shape index (κ1) is 10.1. The van der Waals surface area contributed by atoms with Crippen molar-refractivity contribution in [3.63, 3.8) is 0 Å². The summed E-state index contributed by atoms with van der Waals surface area (Å²) in [4.78, 5) is 2.51. The Morgan fingerprint density at radius 1 is 1.12 bits per heavy atom. The van der Waals surface area contributed by atoms with Crippen molar-refractivity contribution in [3.8, 4) is 5.75 Å². The lowest BCUT2D eigenvalue weighted by molar-refractivity contribution is 0.0187. The van der Waals surface area contributed by atoms with E-state index in [2.05, 4.69) is 11.0 Å². The smallest absolute Gasteiger partial charge is 0.115 e. The molecule has 0 spiro atoms. The van der Waals surface area contributed by atoms with E-state index in [1.165, 1.54) is 11.1 Å². The number of ether oxygens (including phenoxy) is 1. The fourth-order valence-electron chi connectivity index (χ4n) is 2.78. The number of nitrogens with zero attached hydrogens (tertiary/aromatic N) is 1. The Morgan fingerprint density at radius 3 is 2.69 bits per heavy atom. The highest BCUT2D eigenvalue weighted by molar-refractivity contribution is 5.39. The van der Waals surface area contributed by atoms with E-state index in [0.29, 0.717) is 11.8 Å². The number of phenolic OH excluding ortho intramolecular Hbond substituents is 1. The summed E-state index contributed by atoms with van der Waals surface area (Å²) in [6.45, 7) is 3.81. The predicted molar refractivity (Wildman–Crippen MR) is 61.7 cm³/mol. The molecule has 1 N–H and O–H groups in total. The molecular formula is C13H17NO2. The standard InChI is InChI=1S/C13H17NO2/c15-13-2-1-10-7-12(8-11(10)9-13)14-3-5-16-6-4-14/h1-2,9,12,15H,3-8H2. The molecule has 1 aliphatic carbocycles. The predicted octanol–water partition coefficient (Wildman–Crippen LogP) is 1.19. The lowest BCUT2D eigenvalue weighted by Crippen LogP contribution is -2.43. The Bertz CT molecular complexity index is 386. The van der Waals surface area contributed by atoms with Crippen LogP contribution in [0.2, 0.25) is 0 Å². The van der Waals surface area contributed by atoms with Crippen molar-refractivity contribution in [2.75, 3.05) is 26.3 Å². The fraction of sp³-hybridized carbons (Fsp3) is 0.538. The van der Waals surface area contributed by atoms with Gasteiger partial charge in [-0.05, 0) is 36.1 Å². The molecule has 0 saturated carbocycles. The van der Waals surface area contributed by atoms with Gasteiger partial charge in [0.15, 0.2) is 0 Å². The topological polar surface area (TPSA) is 32.7 Å². The van der Waals surface area contributed by atoms with Crippen molar-refractivity contribution in [1.82, 2.24) is 4.90 Å². The van der Waals surface area contributed by atoms with Crippen LogP contribution < -0.4 is 0 Å². The number of morpholine rings is 1. The van der Waals surface area contributed by atoms with Gasteiger partial charge in [-0.3, -0.25) is 4.90 Å². The molecule has 0 aromatic heterocycles. The Morgan fingerprint density at radius 2 is 1.88 bits per heavy atom. The molecule has 1 fully saturated rings. The number of benzene rings is 1. The Kier molecular flexibility index (Phi) is 2.58. The molecule has 0 amide bonds. The Labute approximate surface area is 95.6 Å². The minimum atomic E-state index is 0.390. The maximum absolute atomic E-state index is 9.46. The highest BCUT2D eigenvalue weighted by atomic mass is 16.5. The quantitative estimate of drug-likeness (QED) is 0.770. The van der Waals surface area contributed by atoms with Gasteiger partial charge in [-0.2, -0.15) is 0 Å². The van der Waals surface area contributed by atoms with Gasteiger partial charge in [0.05, 0.1) is 13.2 Å². The van der Waals surface area contributed by atoms with Crippen LogP contribution >= 0.6 is 0 Å². The summed E-state index contributed by atoms with van der Waals surface area (Å²) in [5, 5.41) is 9.46. The molecule has 0 bridgehead atoms. The third-order valence-corrected chi connectivity index (χ3v) is 3.66. The van der Waals surface area contributed by atoms with Crippen molar-refractivity contribution < 1.29 is 9.84 Å². The van der Waals surface area contributed by atoms with E-state index in [-0.39, 0.29) is 0 Å². The van der Waals surface area contributed by atoms with Gasteiger partial charge in [0.2, 0.25) is 0 Å². The van der Waals surface area contributed by atoms with E-state index in [0.717, 1.165) is 39.1 Å².